The van der Waals surface area contributed by atoms with Crippen molar-refractivity contribution >= 4 is 0 Å². The Morgan fingerprint density at radius 2 is 1.95 bits per heavy atom. The first-order valence-corrected chi connectivity index (χ1v) is 9.26. The van der Waals surface area contributed by atoms with Crippen LogP contribution in [0.5, 0.6) is 0 Å². The Kier molecular flexibility index (Phi) is 2.63. The van der Waals surface area contributed by atoms with Crippen LogP contribution in [0.1, 0.15) is 44.9 Å². The molecule has 2 heteroatoms. The lowest BCUT2D eigenvalue weighted by atomic mass is 9.57. The van der Waals surface area contributed by atoms with Gasteiger partial charge in [0.05, 0.1) is 0 Å². The Balaban J connectivity index is 1.49. The van der Waals surface area contributed by atoms with Crippen LogP contribution in [0, 0.1) is 46.8 Å². The zero-order valence-electron chi connectivity index (χ0n) is 12.7. The van der Waals surface area contributed by atoms with Crippen molar-refractivity contribution in [2.45, 2.75) is 44.9 Å². The number of rotatable bonds is 4. The van der Waals surface area contributed by atoms with Crippen LogP contribution in [0.2, 0.25) is 0 Å². The molecular formula is C18H30N2. The predicted molar refractivity (Wildman–Crippen MR) is 81.1 cm³/mol. The molecule has 5 saturated carbocycles. The molecular weight excluding hydrogens is 244 g/mol. The monoisotopic (exact) mass is 274 g/mol. The molecule has 0 spiro atoms. The van der Waals surface area contributed by atoms with Gasteiger partial charge in [0.25, 0.3) is 0 Å². The maximum atomic E-state index is 5.72. The molecule has 0 radical (unpaired) electrons. The lowest BCUT2D eigenvalue weighted by Crippen LogP contribution is -2.48. The van der Waals surface area contributed by atoms with Crippen LogP contribution in [0.15, 0.2) is 0 Å². The summed E-state index contributed by atoms with van der Waals surface area (Å²) in [6, 6.07) is 0. The molecule has 3 N–H and O–H groups in total. The van der Waals surface area contributed by atoms with E-state index in [1.807, 2.05) is 0 Å². The first-order chi connectivity index (χ1) is 9.85. The normalized spacial score (nSPS) is 58.4. The number of nitrogens with one attached hydrogen (secondary N) is 1. The number of nitrogens with two attached hydrogens (primary N) is 1. The molecule has 8 atom stereocenters. The van der Waals surface area contributed by atoms with Crippen molar-refractivity contribution in [3.63, 3.8) is 0 Å². The van der Waals surface area contributed by atoms with Crippen LogP contribution in [0.3, 0.4) is 0 Å². The number of fused-ring (bicyclic) bond motifs is 12. The van der Waals surface area contributed by atoms with Crippen LogP contribution in [0.4, 0.5) is 0 Å². The largest absolute Gasteiger partial charge is 0.329 e. The van der Waals surface area contributed by atoms with Gasteiger partial charge >= 0.3 is 0 Å². The summed E-state index contributed by atoms with van der Waals surface area (Å²) in [5.41, 5.74) is 6.42. The second kappa shape index (κ2) is 4.23. The first-order valence-electron chi connectivity index (χ1n) is 9.26. The van der Waals surface area contributed by atoms with Gasteiger partial charge in [-0.05, 0) is 85.4 Å². The van der Waals surface area contributed by atoms with Crippen molar-refractivity contribution in [1.82, 2.24) is 5.32 Å². The van der Waals surface area contributed by atoms with E-state index in [2.05, 4.69) is 5.32 Å². The molecule has 8 unspecified atom stereocenters. The van der Waals surface area contributed by atoms with Crippen molar-refractivity contribution in [2.24, 2.45) is 52.6 Å². The fourth-order valence-corrected chi connectivity index (χ4v) is 8.31. The third kappa shape index (κ3) is 1.34. The maximum absolute atomic E-state index is 5.72. The number of hydrogen-bond donors (Lipinski definition) is 2. The highest BCUT2D eigenvalue weighted by atomic mass is 14.9. The van der Waals surface area contributed by atoms with Crippen molar-refractivity contribution in [2.75, 3.05) is 19.6 Å². The topological polar surface area (TPSA) is 38.0 Å². The molecule has 0 aromatic heterocycles. The predicted octanol–water partition coefficient (Wildman–Crippen LogP) is 2.63. The van der Waals surface area contributed by atoms with Gasteiger partial charge in [0.1, 0.15) is 0 Å². The van der Waals surface area contributed by atoms with Gasteiger partial charge in [0.15, 0.2) is 0 Å². The standard InChI is InChI=1S/C18H30N2/c19-6-7-20-10-18-9-14(13-2-1-3-15(13)18)16-11-4-5-12(8-11)17(16)18/h11-17,20H,1-10,19H2. The summed E-state index contributed by atoms with van der Waals surface area (Å²) in [5, 5.41) is 3.76. The van der Waals surface area contributed by atoms with Crippen molar-refractivity contribution in [3.8, 4) is 0 Å². The summed E-state index contributed by atoms with van der Waals surface area (Å²) in [6.45, 7) is 3.12. The lowest BCUT2D eigenvalue weighted by Gasteiger charge is -2.48. The van der Waals surface area contributed by atoms with Crippen LogP contribution in [-0.2, 0) is 0 Å². The third-order valence-electron chi connectivity index (χ3n) is 8.39. The fraction of sp³-hybridized carbons (Fsp3) is 1.00. The van der Waals surface area contributed by atoms with Crippen LogP contribution >= 0.6 is 0 Å². The molecule has 0 amide bonds. The summed E-state index contributed by atoms with van der Waals surface area (Å²) in [6.07, 6.45) is 11.0. The van der Waals surface area contributed by atoms with Gasteiger partial charge in [0, 0.05) is 19.6 Å². The molecule has 0 aromatic rings. The molecule has 0 aromatic carbocycles. The van der Waals surface area contributed by atoms with Gasteiger partial charge in [-0.15, -0.1) is 0 Å². The summed E-state index contributed by atoms with van der Waals surface area (Å²) < 4.78 is 0. The minimum atomic E-state index is 0.700. The molecule has 0 heterocycles. The fourth-order valence-electron chi connectivity index (χ4n) is 8.31. The second-order valence-electron chi connectivity index (χ2n) is 8.70. The number of hydrogen-bond acceptors (Lipinski definition) is 2. The van der Waals surface area contributed by atoms with Gasteiger partial charge in [-0.25, -0.2) is 0 Å². The van der Waals surface area contributed by atoms with Crippen molar-refractivity contribution < 1.29 is 0 Å². The SMILES string of the molecule is NCCNCC12CC(C3CCCC31)C1C3CCC(C3)C12. The highest BCUT2D eigenvalue weighted by Gasteiger charge is 2.72. The van der Waals surface area contributed by atoms with Crippen molar-refractivity contribution in [3.05, 3.63) is 0 Å². The van der Waals surface area contributed by atoms with Crippen LogP contribution in [0.25, 0.3) is 0 Å². The highest BCUT2D eigenvalue weighted by Crippen LogP contribution is 2.77. The third-order valence-corrected chi connectivity index (χ3v) is 8.39. The molecule has 20 heavy (non-hydrogen) atoms. The van der Waals surface area contributed by atoms with E-state index >= 15 is 0 Å². The Morgan fingerprint density at radius 3 is 2.85 bits per heavy atom. The van der Waals surface area contributed by atoms with Crippen LogP contribution < -0.4 is 11.1 Å². The van der Waals surface area contributed by atoms with E-state index in [4.69, 9.17) is 5.73 Å². The van der Waals surface area contributed by atoms with E-state index in [-0.39, 0.29) is 0 Å². The Hall–Kier alpha value is -0.0800. The van der Waals surface area contributed by atoms with E-state index in [9.17, 15) is 0 Å². The summed E-state index contributed by atoms with van der Waals surface area (Å²) in [7, 11) is 0. The van der Waals surface area contributed by atoms with E-state index < -0.39 is 0 Å². The molecule has 2 nitrogen and oxygen atoms in total. The molecule has 5 aliphatic rings. The molecule has 5 fully saturated rings. The summed E-state index contributed by atoms with van der Waals surface area (Å²) >= 11 is 0. The van der Waals surface area contributed by atoms with Crippen LogP contribution in [-0.4, -0.2) is 19.6 Å². The molecule has 5 aliphatic carbocycles. The highest BCUT2D eigenvalue weighted by molar-refractivity contribution is 5.21. The van der Waals surface area contributed by atoms with E-state index in [0.29, 0.717) is 5.41 Å². The van der Waals surface area contributed by atoms with Gasteiger partial charge in [-0.3, -0.25) is 0 Å². The molecule has 0 aliphatic heterocycles. The van der Waals surface area contributed by atoms with Gasteiger partial charge in [-0.2, -0.15) is 0 Å². The van der Waals surface area contributed by atoms with E-state index in [0.717, 1.165) is 54.5 Å². The van der Waals surface area contributed by atoms with Crippen molar-refractivity contribution in [1.29, 1.82) is 0 Å². The molecule has 112 valence electrons. The zero-order chi connectivity index (χ0) is 13.3. The molecule has 4 bridgehead atoms. The average Bonchev–Trinajstić information content (AvgIpc) is 3.22. The minimum absolute atomic E-state index is 0.700. The summed E-state index contributed by atoms with van der Waals surface area (Å²) in [5.74, 6) is 7.82. The molecule has 5 rings (SSSR count). The zero-order valence-corrected chi connectivity index (χ0v) is 12.7. The minimum Gasteiger partial charge on any atom is -0.329 e. The Labute approximate surface area is 123 Å². The quantitative estimate of drug-likeness (QED) is 0.611. The summed E-state index contributed by atoms with van der Waals surface area (Å²) in [4.78, 5) is 0. The molecule has 0 saturated heterocycles. The van der Waals surface area contributed by atoms with Gasteiger partial charge < -0.3 is 11.1 Å². The first kappa shape index (κ1) is 12.5. The smallest absolute Gasteiger partial charge is 0.00747 e. The van der Waals surface area contributed by atoms with Gasteiger partial charge in [0.2, 0.25) is 0 Å². The van der Waals surface area contributed by atoms with Gasteiger partial charge in [-0.1, -0.05) is 6.42 Å². The lowest BCUT2D eigenvalue weighted by molar-refractivity contribution is 0.00271. The van der Waals surface area contributed by atoms with E-state index in [1.165, 1.54) is 13.0 Å². The Bertz CT molecular complexity index is 408. The van der Waals surface area contributed by atoms with E-state index in [1.54, 1.807) is 38.5 Å². The Morgan fingerprint density at radius 1 is 1.05 bits per heavy atom. The second-order valence-corrected chi connectivity index (χ2v) is 8.70. The average molecular weight is 274 g/mol. The maximum Gasteiger partial charge on any atom is 0.00747 e.